The maximum Gasteiger partial charge on any atom is 0.409 e. The topological polar surface area (TPSA) is 105 Å². The molecular weight excluding hydrogens is 454 g/mol. The fourth-order valence-corrected chi connectivity index (χ4v) is 5.59. The van der Waals surface area contributed by atoms with E-state index in [9.17, 15) is 18.0 Å². The second-order valence-electron chi connectivity index (χ2n) is 8.06. The highest BCUT2D eigenvalue weighted by atomic mass is 32.2. The quantitative estimate of drug-likeness (QED) is 0.554. The number of carbonyl (C=O) groups is 2. The second-order valence-corrected chi connectivity index (χ2v) is 9.74. The molecule has 2 N–H and O–H groups in total. The maximum absolute atomic E-state index is 13.3. The molecule has 3 aromatic carbocycles. The summed E-state index contributed by atoms with van der Waals surface area (Å²) >= 11 is 0. The third-order valence-corrected chi connectivity index (χ3v) is 7.38. The summed E-state index contributed by atoms with van der Waals surface area (Å²) in [6.07, 6.45) is 0.630. The van der Waals surface area contributed by atoms with E-state index in [4.69, 9.17) is 4.74 Å². The van der Waals surface area contributed by atoms with Crippen molar-refractivity contribution in [2.75, 3.05) is 25.0 Å². The molecule has 178 valence electrons. The van der Waals surface area contributed by atoms with Crippen LogP contribution in [0.15, 0.2) is 71.6 Å². The third kappa shape index (κ3) is 5.21. The zero-order valence-electron chi connectivity index (χ0n) is 18.9. The van der Waals surface area contributed by atoms with Crippen molar-refractivity contribution in [1.82, 2.24) is 9.62 Å². The lowest BCUT2D eigenvalue weighted by Crippen LogP contribution is -2.46. The first kappa shape index (κ1) is 23.7. The van der Waals surface area contributed by atoms with E-state index in [1.54, 1.807) is 66.4 Å². The minimum atomic E-state index is -3.83. The molecule has 0 radical (unpaired) electrons. The van der Waals surface area contributed by atoms with Gasteiger partial charge in [0.25, 0.3) is 5.91 Å². The summed E-state index contributed by atoms with van der Waals surface area (Å²) in [5.41, 5.74) is 1.05. The fraction of sp³-hybridized carbons (Fsp3) is 0.280. The highest BCUT2D eigenvalue weighted by Crippen LogP contribution is 2.30. The zero-order chi connectivity index (χ0) is 24.1. The van der Waals surface area contributed by atoms with Crippen molar-refractivity contribution in [3.8, 4) is 0 Å². The molecule has 1 aliphatic heterocycles. The Morgan fingerprint density at radius 1 is 0.941 bits per heavy atom. The smallest absolute Gasteiger partial charge is 0.409 e. The third-order valence-electron chi connectivity index (χ3n) is 5.80. The SMILES string of the molecule is CCOC(=O)N1CCC(NS(=O)(=O)c2ccc(NC(=O)c3ccccc3)c3ccccc23)CC1. The normalized spacial score (nSPS) is 14.7. The number of carbonyl (C=O) groups excluding carboxylic acids is 2. The molecule has 0 spiro atoms. The van der Waals surface area contributed by atoms with E-state index in [1.165, 1.54) is 6.07 Å². The first-order valence-corrected chi connectivity index (χ1v) is 12.7. The summed E-state index contributed by atoms with van der Waals surface area (Å²) < 4.78 is 34.4. The number of hydrogen-bond donors (Lipinski definition) is 2. The first-order chi connectivity index (χ1) is 16.4. The van der Waals surface area contributed by atoms with Crippen molar-refractivity contribution in [2.45, 2.75) is 30.7 Å². The zero-order valence-corrected chi connectivity index (χ0v) is 19.7. The van der Waals surface area contributed by atoms with Crippen LogP contribution < -0.4 is 10.0 Å². The number of anilines is 1. The van der Waals surface area contributed by atoms with Crippen LogP contribution in [0.1, 0.15) is 30.1 Å². The molecule has 3 aromatic rings. The van der Waals surface area contributed by atoms with Crippen LogP contribution in [0.25, 0.3) is 10.8 Å². The van der Waals surface area contributed by atoms with Crippen molar-refractivity contribution in [2.24, 2.45) is 0 Å². The highest BCUT2D eigenvalue weighted by molar-refractivity contribution is 7.89. The molecule has 0 aliphatic carbocycles. The van der Waals surface area contributed by atoms with Crippen molar-refractivity contribution < 1.29 is 22.7 Å². The number of hydrogen-bond acceptors (Lipinski definition) is 5. The van der Waals surface area contributed by atoms with E-state index in [0.717, 1.165) is 0 Å². The Hall–Kier alpha value is -3.43. The highest BCUT2D eigenvalue weighted by Gasteiger charge is 2.28. The Kier molecular flexibility index (Phi) is 7.14. The van der Waals surface area contributed by atoms with Crippen LogP contribution in [0.2, 0.25) is 0 Å². The Bertz CT molecular complexity index is 1290. The number of benzene rings is 3. The molecule has 0 aromatic heterocycles. The van der Waals surface area contributed by atoms with Crippen molar-refractivity contribution in [1.29, 1.82) is 0 Å². The monoisotopic (exact) mass is 481 g/mol. The van der Waals surface area contributed by atoms with Gasteiger partial charge in [0.1, 0.15) is 0 Å². The molecule has 0 saturated carbocycles. The molecule has 9 heteroatoms. The number of nitrogens with zero attached hydrogens (tertiary/aromatic N) is 1. The summed E-state index contributed by atoms with van der Waals surface area (Å²) in [7, 11) is -3.83. The van der Waals surface area contributed by atoms with Gasteiger partial charge in [0.15, 0.2) is 0 Å². The molecule has 1 aliphatic rings. The molecule has 1 fully saturated rings. The van der Waals surface area contributed by atoms with Crippen molar-refractivity contribution in [3.63, 3.8) is 0 Å². The predicted molar refractivity (Wildman–Crippen MR) is 130 cm³/mol. The van der Waals surface area contributed by atoms with Gasteiger partial charge in [0, 0.05) is 41.2 Å². The van der Waals surface area contributed by atoms with Crippen LogP contribution in [-0.4, -0.2) is 51.1 Å². The standard InChI is InChI=1S/C25H27N3O5S/c1-2-33-25(30)28-16-14-19(15-17-28)27-34(31,32)23-13-12-22(20-10-6-7-11-21(20)23)26-24(29)18-8-4-3-5-9-18/h3-13,19,27H,2,14-17H2,1H3,(H,26,29). The summed E-state index contributed by atoms with van der Waals surface area (Å²) in [6, 6.07) is 18.7. The molecule has 2 amide bonds. The lowest BCUT2D eigenvalue weighted by Gasteiger charge is -2.31. The van der Waals surface area contributed by atoms with Crippen LogP contribution in [-0.2, 0) is 14.8 Å². The minimum Gasteiger partial charge on any atom is -0.450 e. The Labute approximate surface area is 199 Å². The Morgan fingerprint density at radius 3 is 2.26 bits per heavy atom. The summed E-state index contributed by atoms with van der Waals surface area (Å²) in [4.78, 5) is 26.3. The lowest BCUT2D eigenvalue weighted by atomic mass is 10.1. The van der Waals surface area contributed by atoms with Crippen LogP contribution in [0.4, 0.5) is 10.5 Å². The molecule has 34 heavy (non-hydrogen) atoms. The summed E-state index contributed by atoms with van der Waals surface area (Å²) in [5, 5.41) is 4.03. The van der Waals surface area contributed by atoms with E-state index >= 15 is 0 Å². The number of sulfonamides is 1. The average molecular weight is 482 g/mol. The van der Waals surface area contributed by atoms with E-state index in [0.29, 0.717) is 54.6 Å². The number of ether oxygens (including phenoxy) is 1. The van der Waals surface area contributed by atoms with Crippen molar-refractivity contribution >= 4 is 38.5 Å². The van der Waals surface area contributed by atoms with Crippen LogP contribution in [0.5, 0.6) is 0 Å². The molecule has 1 saturated heterocycles. The average Bonchev–Trinajstić information content (AvgIpc) is 2.85. The van der Waals surface area contributed by atoms with Crippen molar-refractivity contribution in [3.05, 3.63) is 72.3 Å². The lowest BCUT2D eigenvalue weighted by molar-refractivity contribution is 0.0964. The fourth-order valence-electron chi connectivity index (χ4n) is 4.08. The van der Waals surface area contributed by atoms with Gasteiger partial charge in [-0.1, -0.05) is 42.5 Å². The molecular formula is C25H27N3O5S. The molecule has 8 nitrogen and oxygen atoms in total. The van der Waals surface area contributed by atoms with Gasteiger partial charge in [-0.25, -0.2) is 17.9 Å². The van der Waals surface area contributed by atoms with Gasteiger partial charge >= 0.3 is 6.09 Å². The number of amides is 2. The Morgan fingerprint density at radius 2 is 1.59 bits per heavy atom. The van der Waals surface area contributed by atoms with Crippen LogP contribution >= 0.6 is 0 Å². The molecule has 1 heterocycles. The van der Waals surface area contributed by atoms with Gasteiger partial charge in [-0.15, -0.1) is 0 Å². The Balaban J connectivity index is 1.53. The van der Waals surface area contributed by atoms with Gasteiger partial charge in [0.2, 0.25) is 10.0 Å². The second kappa shape index (κ2) is 10.2. The number of fused-ring (bicyclic) bond motifs is 1. The van der Waals surface area contributed by atoms with Gasteiger partial charge in [-0.2, -0.15) is 0 Å². The largest absolute Gasteiger partial charge is 0.450 e. The van der Waals surface area contributed by atoms with Gasteiger partial charge in [-0.05, 0) is 44.0 Å². The van der Waals surface area contributed by atoms with Gasteiger partial charge in [-0.3, -0.25) is 4.79 Å². The van der Waals surface area contributed by atoms with E-state index in [1.807, 2.05) is 6.07 Å². The molecule has 0 bridgehead atoms. The number of nitrogens with one attached hydrogen (secondary N) is 2. The van der Waals surface area contributed by atoms with E-state index in [2.05, 4.69) is 10.0 Å². The minimum absolute atomic E-state index is 0.147. The predicted octanol–water partition coefficient (Wildman–Crippen LogP) is 3.99. The van der Waals surface area contributed by atoms with Gasteiger partial charge < -0.3 is 15.0 Å². The number of rotatable bonds is 6. The van der Waals surface area contributed by atoms with Crippen LogP contribution in [0.3, 0.4) is 0 Å². The number of likely N-dealkylation sites (tertiary alicyclic amines) is 1. The molecule has 0 atom stereocenters. The molecule has 4 rings (SSSR count). The number of piperidine rings is 1. The maximum atomic E-state index is 13.3. The summed E-state index contributed by atoms with van der Waals surface area (Å²) in [5.74, 6) is -0.271. The summed E-state index contributed by atoms with van der Waals surface area (Å²) in [6.45, 7) is 2.91. The van der Waals surface area contributed by atoms with Gasteiger partial charge in [0.05, 0.1) is 11.5 Å². The van der Waals surface area contributed by atoms with E-state index < -0.39 is 10.0 Å². The van der Waals surface area contributed by atoms with E-state index in [-0.39, 0.29) is 22.9 Å². The molecule has 0 unspecified atom stereocenters. The first-order valence-electron chi connectivity index (χ1n) is 11.2. The van der Waals surface area contributed by atoms with Crippen LogP contribution in [0, 0.1) is 0 Å².